The minimum atomic E-state index is -0.928. The van der Waals surface area contributed by atoms with Crippen LogP contribution in [0.15, 0.2) is 109 Å². The maximum absolute atomic E-state index is 13.2. The van der Waals surface area contributed by atoms with Crippen molar-refractivity contribution in [2.24, 2.45) is 0 Å². The maximum atomic E-state index is 13.2. The van der Waals surface area contributed by atoms with Crippen LogP contribution in [-0.4, -0.2) is 23.0 Å². The highest BCUT2D eigenvalue weighted by Crippen LogP contribution is 2.42. The van der Waals surface area contributed by atoms with E-state index in [1.54, 1.807) is 12.1 Å². The van der Waals surface area contributed by atoms with Gasteiger partial charge in [-0.3, -0.25) is 4.79 Å². The number of amides is 1. The van der Waals surface area contributed by atoms with E-state index in [1.165, 1.54) is 10.9 Å². The maximum Gasteiger partial charge on any atom is 0.336 e. The number of hydrogen-bond acceptors (Lipinski definition) is 3. The van der Waals surface area contributed by atoms with Gasteiger partial charge in [-0.15, -0.1) is 0 Å². The largest absolute Gasteiger partial charge is 0.478 e. The van der Waals surface area contributed by atoms with Crippen LogP contribution in [0.1, 0.15) is 57.2 Å². The van der Waals surface area contributed by atoms with E-state index in [4.69, 9.17) is 0 Å². The van der Waals surface area contributed by atoms with E-state index in [0.29, 0.717) is 23.2 Å². The van der Waals surface area contributed by atoms with Gasteiger partial charge in [-0.2, -0.15) is 0 Å². The number of rotatable bonds is 7. The Bertz CT molecular complexity index is 1750. The number of nitrogens with one attached hydrogen (secondary N) is 1. The molecular weight excluding hydrogens is 508 g/mol. The summed E-state index contributed by atoms with van der Waals surface area (Å²) in [4.78, 5) is 27.2. The van der Waals surface area contributed by atoms with Crippen LogP contribution in [0.3, 0.4) is 0 Å². The standard InChI is InChI=1S/C36H32N2O3/c1-23-24(2)38(22-25-14-16-27(17-15-25)31-12-5-6-13-32(31)36(40)41)34-19-18-28(20-33(23)34)35(39)37-21-29-10-7-9-26-8-3-4-11-30(26)29/h3-20,23-24H,21-22H2,1-2H3,(H,37,39)(H,40,41). The monoisotopic (exact) mass is 540 g/mol. The van der Waals surface area contributed by atoms with E-state index >= 15 is 0 Å². The number of carbonyl (C=O) groups is 2. The Hall–Kier alpha value is -4.90. The minimum Gasteiger partial charge on any atom is -0.478 e. The van der Waals surface area contributed by atoms with Gasteiger partial charge in [-0.1, -0.05) is 91.9 Å². The van der Waals surface area contributed by atoms with E-state index < -0.39 is 5.97 Å². The third-order valence-corrected chi connectivity index (χ3v) is 8.40. The SMILES string of the molecule is CC1c2cc(C(=O)NCc3cccc4ccccc34)ccc2N(Cc2ccc(-c3ccccc3C(=O)O)cc2)C1C. The van der Waals surface area contributed by atoms with Gasteiger partial charge in [0.1, 0.15) is 0 Å². The van der Waals surface area contributed by atoms with Crippen LogP contribution in [0, 0.1) is 0 Å². The van der Waals surface area contributed by atoms with Gasteiger partial charge in [0.25, 0.3) is 5.91 Å². The van der Waals surface area contributed by atoms with Crippen molar-refractivity contribution in [3.63, 3.8) is 0 Å². The predicted octanol–water partition coefficient (Wildman–Crippen LogP) is 7.65. The van der Waals surface area contributed by atoms with Gasteiger partial charge in [-0.05, 0) is 69.8 Å². The molecule has 0 radical (unpaired) electrons. The first-order chi connectivity index (χ1) is 19.9. The second-order valence-corrected chi connectivity index (χ2v) is 10.8. The van der Waals surface area contributed by atoms with Crippen LogP contribution >= 0.6 is 0 Å². The summed E-state index contributed by atoms with van der Waals surface area (Å²) < 4.78 is 0. The molecule has 1 amide bonds. The van der Waals surface area contributed by atoms with Gasteiger partial charge in [0, 0.05) is 36.3 Å². The molecular formula is C36H32N2O3. The molecule has 0 saturated heterocycles. The Morgan fingerprint density at radius 3 is 2.37 bits per heavy atom. The van der Waals surface area contributed by atoms with Crippen LogP contribution < -0.4 is 10.2 Å². The number of nitrogens with zero attached hydrogens (tertiary/aromatic N) is 1. The molecule has 2 atom stereocenters. The normalized spacial score (nSPS) is 16.0. The van der Waals surface area contributed by atoms with Crippen LogP contribution in [0.2, 0.25) is 0 Å². The molecule has 41 heavy (non-hydrogen) atoms. The van der Waals surface area contributed by atoms with Crippen LogP contribution in [0.25, 0.3) is 21.9 Å². The van der Waals surface area contributed by atoms with Gasteiger partial charge in [-0.25, -0.2) is 4.79 Å². The molecule has 0 bridgehead atoms. The summed E-state index contributed by atoms with van der Waals surface area (Å²) in [5, 5.41) is 15.0. The van der Waals surface area contributed by atoms with E-state index in [-0.39, 0.29) is 17.9 Å². The Labute approximate surface area is 240 Å². The highest BCUT2D eigenvalue weighted by Gasteiger charge is 2.33. The fraction of sp³-hybridized carbons (Fsp3) is 0.167. The fourth-order valence-corrected chi connectivity index (χ4v) is 5.93. The van der Waals surface area contributed by atoms with E-state index in [9.17, 15) is 14.7 Å². The molecule has 5 aromatic carbocycles. The summed E-state index contributed by atoms with van der Waals surface area (Å²) >= 11 is 0. The van der Waals surface area contributed by atoms with Crippen molar-refractivity contribution in [3.8, 4) is 11.1 Å². The molecule has 5 heteroatoms. The minimum absolute atomic E-state index is 0.0729. The van der Waals surface area contributed by atoms with Crippen molar-refractivity contribution in [3.05, 3.63) is 137 Å². The lowest BCUT2D eigenvalue weighted by molar-refractivity contribution is 0.0697. The van der Waals surface area contributed by atoms with E-state index in [1.807, 2.05) is 54.6 Å². The lowest BCUT2D eigenvalue weighted by atomic mass is 9.96. The molecule has 1 aliphatic heterocycles. The second kappa shape index (κ2) is 10.9. The van der Waals surface area contributed by atoms with Crippen molar-refractivity contribution in [1.82, 2.24) is 5.32 Å². The molecule has 0 fully saturated rings. The Morgan fingerprint density at radius 1 is 0.829 bits per heavy atom. The third-order valence-electron chi connectivity index (χ3n) is 8.40. The highest BCUT2D eigenvalue weighted by atomic mass is 16.4. The highest BCUT2D eigenvalue weighted by molar-refractivity contribution is 5.96. The number of anilines is 1. The number of aromatic carboxylic acids is 1. The Morgan fingerprint density at radius 2 is 1.56 bits per heavy atom. The summed E-state index contributed by atoms with van der Waals surface area (Å²) in [5.41, 5.74) is 7.15. The first-order valence-electron chi connectivity index (χ1n) is 14.0. The fourth-order valence-electron chi connectivity index (χ4n) is 5.93. The molecule has 5 aromatic rings. The van der Waals surface area contributed by atoms with E-state index in [0.717, 1.165) is 34.3 Å². The zero-order chi connectivity index (χ0) is 28.5. The summed E-state index contributed by atoms with van der Waals surface area (Å²) in [5.74, 6) is -0.725. The molecule has 1 aliphatic rings. The topological polar surface area (TPSA) is 69.6 Å². The number of hydrogen-bond donors (Lipinski definition) is 2. The molecule has 2 unspecified atom stereocenters. The van der Waals surface area contributed by atoms with Gasteiger partial charge < -0.3 is 15.3 Å². The van der Waals surface area contributed by atoms with Gasteiger partial charge in [0.2, 0.25) is 0 Å². The zero-order valence-corrected chi connectivity index (χ0v) is 23.2. The van der Waals surface area contributed by atoms with Crippen molar-refractivity contribution in [1.29, 1.82) is 0 Å². The molecule has 0 spiro atoms. The Balaban J connectivity index is 1.18. The molecule has 5 nitrogen and oxygen atoms in total. The average Bonchev–Trinajstić information content (AvgIpc) is 3.24. The summed E-state index contributed by atoms with van der Waals surface area (Å²) in [6.45, 7) is 5.64. The smallest absolute Gasteiger partial charge is 0.336 e. The van der Waals surface area contributed by atoms with Crippen molar-refractivity contribution in [2.45, 2.75) is 38.9 Å². The molecule has 204 valence electrons. The van der Waals surface area contributed by atoms with E-state index in [2.05, 4.69) is 66.5 Å². The average molecular weight is 541 g/mol. The number of carbonyl (C=O) groups excluding carboxylic acids is 1. The summed E-state index contributed by atoms with van der Waals surface area (Å²) in [6.07, 6.45) is 0. The molecule has 2 N–H and O–H groups in total. The number of benzene rings is 5. The second-order valence-electron chi connectivity index (χ2n) is 10.8. The van der Waals surface area contributed by atoms with Crippen LogP contribution in [0.5, 0.6) is 0 Å². The predicted molar refractivity (Wildman–Crippen MR) is 164 cm³/mol. The number of carboxylic acids is 1. The molecule has 0 aliphatic carbocycles. The lowest BCUT2D eigenvalue weighted by Crippen LogP contribution is -2.30. The molecule has 6 rings (SSSR count). The third kappa shape index (κ3) is 5.07. The first kappa shape index (κ1) is 26.3. The van der Waals surface area contributed by atoms with Crippen molar-refractivity contribution < 1.29 is 14.7 Å². The van der Waals surface area contributed by atoms with Gasteiger partial charge >= 0.3 is 5.97 Å². The summed E-state index contributed by atoms with van der Waals surface area (Å²) in [7, 11) is 0. The van der Waals surface area contributed by atoms with Crippen LogP contribution in [0.4, 0.5) is 5.69 Å². The quantitative estimate of drug-likeness (QED) is 0.222. The van der Waals surface area contributed by atoms with Crippen molar-refractivity contribution >= 4 is 28.3 Å². The Kier molecular flexibility index (Phi) is 7.02. The first-order valence-corrected chi connectivity index (χ1v) is 14.0. The molecule has 0 saturated carbocycles. The van der Waals surface area contributed by atoms with Crippen LogP contribution in [-0.2, 0) is 13.1 Å². The van der Waals surface area contributed by atoms with Gasteiger partial charge in [0.15, 0.2) is 0 Å². The molecule has 1 heterocycles. The van der Waals surface area contributed by atoms with Gasteiger partial charge in [0.05, 0.1) is 5.56 Å². The number of fused-ring (bicyclic) bond motifs is 2. The zero-order valence-electron chi connectivity index (χ0n) is 23.2. The number of carboxylic acid groups (broad SMARTS) is 1. The summed E-state index contributed by atoms with van der Waals surface area (Å²) in [6, 6.07) is 35.9. The molecule has 0 aromatic heterocycles. The van der Waals surface area contributed by atoms with Crippen molar-refractivity contribution in [2.75, 3.05) is 4.90 Å². The lowest BCUT2D eigenvalue weighted by Gasteiger charge is -2.26.